The highest BCUT2D eigenvalue weighted by molar-refractivity contribution is 5.51. The Hall–Kier alpha value is -1.47. The fraction of sp³-hybridized carbons (Fsp3) is 0.500. The predicted molar refractivity (Wildman–Crippen MR) is 63.3 cm³/mol. The predicted octanol–water partition coefficient (Wildman–Crippen LogP) is 4.44. The zero-order valence-corrected chi connectivity index (χ0v) is 9.78. The lowest BCUT2D eigenvalue weighted by molar-refractivity contribution is 0.647. The van der Waals surface area contributed by atoms with Crippen LogP contribution >= 0.6 is 0 Å². The summed E-state index contributed by atoms with van der Waals surface area (Å²) in [6.07, 6.45) is 1.02. The molecule has 3 heteroatoms. The normalized spacial score (nSPS) is 10.2. The Morgan fingerprint density at radius 3 is 2.53 bits per heavy atom. The van der Waals surface area contributed by atoms with Crippen LogP contribution in [0.5, 0.6) is 0 Å². The third-order valence-electron chi connectivity index (χ3n) is 2.50. The van der Waals surface area contributed by atoms with E-state index in [-0.39, 0.29) is 0 Å². The van der Waals surface area contributed by atoms with Crippen LogP contribution in [0.2, 0.25) is 0 Å². The van der Waals surface area contributed by atoms with Crippen molar-refractivity contribution in [2.24, 2.45) is 11.0 Å². The quantitative estimate of drug-likeness (QED) is 0.396. The number of hydrogen-bond donors (Lipinski definition) is 0. The van der Waals surface area contributed by atoms with E-state index in [9.17, 15) is 0 Å². The molecule has 1 rings (SSSR count). The fourth-order valence-electron chi connectivity index (χ4n) is 1.66. The molecular weight excluding hydrogens is 186 g/mol. The summed E-state index contributed by atoms with van der Waals surface area (Å²) < 4.78 is 0. The first kappa shape index (κ1) is 11.6. The van der Waals surface area contributed by atoms with E-state index in [0.717, 1.165) is 17.7 Å². The second-order valence-electron chi connectivity index (χ2n) is 4.34. The van der Waals surface area contributed by atoms with Gasteiger partial charge in [-0.3, -0.25) is 0 Å². The fourth-order valence-corrected chi connectivity index (χ4v) is 1.66. The lowest BCUT2D eigenvalue weighted by Gasteiger charge is -2.10. The van der Waals surface area contributed by atoms with Gasteiger partial charge >= 0.3 is 0 Å². The number of hydrogen-bond acceptors (Lipinski definition) is 1. The van der Waals surface area contributed by atoms with Gasteiger partial charge in [-0.2, -0.15) is 0 Å². The van der Waals surface area contributed by atoms with Gasteiger partial charge < -0.3 is 0 Å². The first-order valence-electron chi connectivity index (χ1n) is 5.19. The molecule has 0 aliphatic rings. The minimum Gasteiger partial charge on any atom is -0.0625 e. The molecule has 0 bridgehead atoms. The Morgan fingerprint density at radius 1 is 1.33 bits per heavy atom. The van der Waals surface area contributed by atoms with Crippen LogP contribution in [0.25, 0.3) is 10.4 Å². The van der Waals surface area contributed by atoms with Crippen molar-refractivity contribution in [1.82, 2.24) is 0 Å². The largest absolute Gasteiger partial charge is 0.0625 e. The van der Waals surface area contributed by atoms with Crippen LogP contribution in [-0.2, 0) is 6.42 Å². The highest BCUT2D eigenvalue weighted by atomic mass is 15.1. The standard InChI is InChI=1S/C12H17N3/c1-8(2)5-11-6-9(3)10(4)12(7-11)14-15-13/h6-8H,5H2,1-4H3. The average Bonchev–Trinajstić information content (AvgIpc) is 2.12. The molecule has 0 unspecified atom stereocenters. The monoisotopic (exact) mass is 203 g/mol. The van der Waals surface area contributed by atoms with E-state index in [1.807, 2.05) is 13.0 Å². The molecule has 80 valence electrons. The number of aryl methyl sites for hydroxylation is 1. The maximum atomic E-state index is 8.47. The lowest BCUT2D eigenvalue weighted by Crippen LogP contribution is -1.95. The van der Waals surface area contributed by atoms with E-state index in [2.05, 4.69) is 36.9 Å². The van der Waals surface area contributed by atoms with Gasteiger partial charge in [0.05, 0.1) is 0 Å². The topological polar surface area (TPSA) is 48.8 Å². The van der Waals surface area contributed by atoms with Gasteiger partial charge in [0.1, 0.15) is 0 Å². The summed E-state index contributed by atoms with van der Waals surface area (Å²) in [5.41, 5.74) is 12.7. The van der Waals surface area contributed by atoms with E-state index in [0.29, 0.717) is 5.92 Å². The third-order valence-corrected chi connectivity index (χ3v) is 2.50. The summed E-state index contributed by atoms with van der Waals surface area (Å²) in [5.74, 6) is 0.617. The van der Waals surface area contributed by atoms with Crippen LogP contribution in [0.1, 0.15) is 30.5 Å². The maximum absolute atomic E-state index is 8.47. The molecule has 0 N–H and O–H groups in total. The Morgan fingerprint density at radius 2 is 2.00 bits per heavy atom. The molecule has 0 spiro atoms. The van der Waals surface area contributed by atoms with Gasteiger partial charge in [-0.25, -0.2) is 0 Å². The lowest BCUT2D eigenvalue weighted by atomic mass is 9.98. The minimum atomic E-state index is 0.617. The first-order chi connectivity index (χ1) is 7.04. The second-order valence-corrected chi connectivity index (χ2v) is 4.34. The van der Waals surface area contributed by atoms with Gasteiger partial charge in [0.25, 0.3) is 0 Å². The minimum absolute atomic E-state index is 0.617. The van der Waals surface area contributed by atoms with Crippen molar-refractivity contribution in [3.8, 4) is 0 Å². The molecule has 0 aliphatic heterocycles. The molecule has 1 aromatic rings. The summed E-state index contributed by atoms with van der Waals surface area (Å²) in [5, 5.41) is 3.72. The Bertz CT molecular complexity index is 402. The van der Waals surface area contributed by atoms with E-state index in [1.54, 1.807) is 0 Å². The van der Waals surface area contributed by atoms with Crippen molar-refractivity contribution < 1.29 is 0 Å². The number of azide groups is 1. The Balaban J connectivity index is 3.16. The molecule has 0 fully saturated rings. The van der Waals surface area contributed by atoms with Crippen molar-refractivity contribution in [2.75, 3.05) is 0 Å². The molecule has 0 saturated heterocycles. The molecule has 0 heterocycles. The first-order valence-corrected chi connectivity index (χ1v) is 5.19. The summed E-state index contributed by atoms with van der Waals surface area (Å²) in [6, 6.07) is 4.16. The molecule has 3 nitrogen and oxygen atoms in total. The summed E-state index contributed by atoms with van der Waals surface area (Å²) in [4.78, 5) is 2.85. The highest BCUT2D eigenvalue weighted by Gasteiger charge is 2.04. The molecule has 1 aromatic carbocycles. The average molecular weight is 203 g/mol. The summed E-state index contributed by atoms with van der Waals surface area (Å²) >= 11 is 0. The van der Waals surface area contributed by atoms with Crippen LogP contribution in [0.3, 0.4) is 0 Å². The smallest absolute Gasteiger partial charge is 0.0409 e. The molecule has 0 saturated carbocycles. The highest BCUT2D eigenvalue weighted by Crippen LogP contribution is 2.25. The molecule has 0 aliphatic carbocycles. The number of nitrogens with zero attached hydrogens (tertiary/aromatic N) is 3. The van der Waals surface area contributed by atoms with E-state index in [1.165, 1.54) is 11.1 Å². The summed E-state index contributed by atoms with van der Waals surface area (Å²) in [7, 11) is 0. The van der Waals surface area contributed by atoms with E-state index >= 15 is 0 Å². The Kier molecular flexibility index (Phi) is 3.75. The van der Waals surface area contributed by atoms with Crippen molar-refractivity contribution >= 4 is 5.69 Å². The third kappa shape index (κ3) is 3.00. The summed E-state index contributed by atoms with van der Waals surface area (Å²) in [6.45, 7) is 8.40. The molecule has 0 aromatic heterocycles. The molecule has 15 heavy (non-hydrogen) atoms. The van der Waals surface area contributed by atoms with Crippen molar-refractivity contribution in [1.29, 1.82) is 0 Å². The zero-order chi connectivity index (χ0) is 11.4. The van der Waals surface area contributed by atoms with E-state index < -0.39 is 0 Å². The van der Waals surface area contributed by atoms with Crippen LogP contribution < -0.4 is 0 Å². The van der Waals surface area contributed by atoms with Crippen molar-refractivity contribution in [3.63, 3.8) is 0 Å². The van der Waals surface area contributed by atoms with Gasteiger partial charge in [0.2, 0.25) is 0 Å². The molecule has 0 radical (unpaired) electrons. The second kappa shape index (κ2) is 4.85. The number of rotatable bonds is 3. The van der Waals surface area contributed by atoms with Crippen molar-refractivity contribution in [2.45, 2.75) is 34.1 Å². The SMILES string of the molecule is Cc1cc(CC(C)C)cc(N=[N+]=[N-])c1C. The van der Waals surface area contributed by atoms with Gasteiger partial charge in [0, 0.05) is 10.6 Å². The maximum Gasteiger partial charge on any atom is 0.0409 e. The van der Waals surface area contributed by atoms with Crippen LogP contribution in [-0.4, -0.2) is 0 Å². The van der Waals surface area contributed by atoms with Gasteiger partial charge in [0.15, 0.2) is 0 Å². The van der Waals surface area contributed by atoms with Crippen molar-refractivity contribution in [3.05, 3.63) is 39.3 Å². The van der Waals surface area contributed by atoms with Crippen LogP contribution in [0.4, 0.5) is 5.69 Å². The van der Waals surface area contributed by atoms with Gasteiger partial charge in [-0.15, -0.1) is 0 Å². The van der Waals surface area contributed by atoms with Gasteiger partial charge in [-0.05, 0) is 54.5 Å². The molecule has 0 amide bonds. The van der Waals surface area contributed by atoms with Crippen LogP contribution in [0, 0.1) is 19.8 Å². The molecular formula is C12H17N3. The van der Waals surface area contributed by atoms with E-state index in [4.69, 9.17) is 5.53 Å². The molecule has 0 atom stereocenters. The zero-order valence-electron chi connectivity index (χ0n) is 9.78. The Labute approximate surface area is 90.8 Å². The number of benzene rings is 1. The van der Waals surface area contributed by atoms with Crippen LogP contribution in [0.15, 0.2) is 17.2 Å². The van der Waals surface area contributed by atoms with Gasteiger partial charge in [-0.1, -0.05) is 25.0 Å².